The minimum atomic E-state index is -0.0749. The first-order valence-corrected chi connectivity index (χ1v) is 14.1. The molecule has 0 saturated carbocycles. The van der Waals surface area contributed by atoms with E-state index in [0.717, 1.165) is 32.2 Å². The number of para-hydroxylation sites is 2. The number of amides is 1. The van der Waals surface area contributed by atoms with Gasteiger partial charge in [0, 0.05) is 54.0 Å². The number of nitrogens with one attached hydrogen (secondary N) is 1. The van der Waals surface area contributed by atoms with E-state index in [1.54, 1.807) is 0 Å². The highest BCUT2D eigenvalue weighted by atomic mass is 16.1. The Hall–Kier alpha value is -3.18. The van der Waals surface area contributed by atoms with E-state index < -0.39 is 0 Å². The lowest BCUT2D eigenvalue weighted by Gasteiger charge is -2.27. The largest absolute Gasteiger partial charge is 0.356 e. The maximum absolute atomic E-state index is 12.0. The van der Waals surface area contributed by atoms with Crippen LogP contribution in [0.4, 0.5) is 11.4 Å². The van der Waals surface area contributed by atoms with Gasteiger partial charge in [0.15, 0.2) is 5.71 Å². The third-order valence-corrected chi connectivity index (χ3v) is 8.24. The van der Waals surface area contributed by atoms with Crippen molar-refractivity contribution in [3.05, 3.63) is 83.6 Å². The van der Waals surface area contributed by atoms with Gasteiger partial charge >= 0.3 is 0 Å². The van der Waals surface area contributed by atoms with Crippen LogP contribution in [0.1, 0.15) is 70.9 Å². The first-order valence-electron chi connectivity index (χ1n) is 14.1. The predicted octanol–water partition coefficient (Wildman–Crippen LogP) is 5.96. The first-order chi connectivity index (χ1) is 18.2. The predicted molar refractivity (Wildman–Crippen MR) is 160 cm³/mol. The average molecular weight is 514 g/mol. The SMILES string of the molecule is C[N+]1=C(/C=C/C=C2/N(CCCCCC(=O)NCCCN)c3ccccc3C2(C)C)C(C)(C)c2ccccc21. The number of allylic oxidation sites excluding steroid dienone is 4. The van der Waals surface area contributed by atoms with Crippen molar-refractivity contribution in [2.75, 3.05) is 31.6 Å². The maximum atomic E-state index is 12.0. The van der Waals surface area contributed by atoms with Gasteiger partial charge in [-0.2, -0.15) is 4.58 Å². The molecule has 2 aromatic carbocycles. The molecule has 3 N–H and O–H groups in total. The highest BCUT2D eigenvalue weighted by Crippen LogP contribution is 2.47. The molecule has 2 heterocycles. The zero-order valence-electron chi connectivity index (χ0n) is 23.9. The number of unbranched alkanes of at least 4 members (excludes halogenated alkanes) is 2. The standard InChI is InChI=1S/C33H44N4O/c1-32(2)25-15-8-10-17-27(25)36(5)29(32)19-13-20-30-33(3,4)26-16-9-11-18-28(26)37(30)24-12-6-7-21-31(38)35-23-14-22-34/h8-11,13,15-20H,6-7,12,14,21-24,34H2,1-5H3/p+1. The Bertz CT molecular complexity index is 1250. The number of carbonyl (C=O) groups excluding carboxylic acids is 1. The minimum absolute atomic E-state index is 0.0369. The maximum Gasteiger partial charge on any atom is 0.219 e. The normalized spacial score (nSPS) is 18.4. The number of benzene rings is 2. The smallest absolute Gasteiger partial charge is 0.219 e. The van der Waals surface area contributed by atoms with Crippen LogP contribution in [0.15, 0.2) is 72.5 Å². The fourth-order valence-electron chi connectivity index (χ4n) is 6.06. The molecule has 5 heteroatoms. The molecule has 5 nitrogen and oxygen atoms in total. The molecule has 202 valence electrons. The molecular formula is C33H45N4O+. The van der Waals surface area contributed by atoms with Crippen molar-refractivity contribution in [1.29, 1.82) is 0 Å². The third-order valence-electron chi connectivity index (χ3n) is 8.24. The Morgan fingerprint density at radius 3 is 2.39 bits per heavy atom. The molecule has 2 aromatic rings. The Morgan fingerprint density at radius 1 is 0.947 bits per heavy atom. The summed E-state index contributed by atoms with van der Waals surface area (Å²) in [6, 6.07) is 17.5. The second-order valence-corrected chi connectivity index (χ2v) is 11.6. The molecule has 0 atom stereocenters. The van der Waals surface area contributed by atoms with E-state index in [1.807, 2.05) is 0 Å². The number of rotatable bonds is 11. The molecule has 2 aliphatic rings. The number of anilines is 1. The van der Waals surface area contributed by atoms with Crippen LogP contribution < -0.4 is 16.0 Å². The molecule has 0 aliphatic carbocycles. The van der Waals surface area contributed by atoms with Gasteiger partial charge in [-0.3, -0.25) is 4.79 Å². The lowest BCUT2D eigenvalue weighted by atomic mass is 9.81. The van der Waals surface area contributed by atoms with Crippen LogP contribution in [0.5, 0.6) is 0 Å². The van der Waals surface area contributed by atoms with Gasteiger partial charge in [-0.15, -0.1) is 0 Å². The fraction of sp³-hybridized carbons (Fsp3) is 0.455. The number of hydrogen-bond acceptors (Lipinski definition) is 3. The van der Waals surface area contributed by atoms with E-state index in [1.165, 1.54) is 33.9 Å². The quantitative estimate of drug-likeness (QED) is 0.288. The highest BCUT2D eigenvalue weighted by molar-refractivity contribution is 6.03. The summed E-state index contributed by atoms with van der Waals surface area (Å²) in [5, 5.41) is 2.96. The summed E-state index contributed by atoms with van der Waals surface area (Å²) in [6.45, 7) is 11.5. The summed E-state index contributed by atoms with van der Waals surface area (Å²) < 4.78 is 2.32. The van der Waals surface area contributed by atoms with Gasteiger partial charge in [0.2, 0.25) is 11.6 Å². The number of nitrogens with zero attached hydrogens (tertiary/aromatic N) is 2. The van der Waals surface area contributed by atoms with E-state index in [-0.39, 0.29) is 16.7 Å². The number of nitrogens with two attached hydrogens (primary N) is 1. The van der Waals surface area contributed by atoms with Gasteiger partial charge < -0.3 is 16.0 Å². The van der Waals surface area contributed by atoms with Crippen LogP contribution in [0.25, 0.3) is 0 Å². The zero-order valence-corrected chi connectivity index (χ0v) is 23.9. The molecule has 0 radical (unpaired) electrons. The van der Waals surface area contributed by atoms with E-state index in [0.29, 0.717) is 19.5 Å². The average Bonchev–Trinajstić information content (AvgIpc) is 3.23. The van der Waals surface area contributed by atoms with Crippen molar-refractivity contribution in [3.63, 3.8) is 0 Å². The summed E-state index contributed by atoms with van der Waals surface area (Å²) in [7, 11) is 2.17. The number of carbonyl (C=O) groups is 1. The van der Waals surface area contributed by atoms with Crippen LogP contribution in [-0.4, -0.2) is 42.9 Å². The monoisotopic (exact) mass is 513 g/mol. The summed E-state index contributed by atoms with van der Waals surface area (Å²) in [4.78, 5) is 14.5. The lowest BCUT2D eigenvalue weighted by molar-refractivity contribution is -0.401. The molecule has 0 unspecified atom stereocenters. The summed E-state index contributed by atoms with van der Waals surface area (Å²) in [5.74, 6) is 0.135. The van der Waals surface area contributed by atoms with Crippen molar-refractivity contribution in [2.45, 2.75) is 70.6 Å². The van der Waals surface area contributed by atoms with Gasteiger partial charge in [-0.25, -0.2) is 0 Å². The number of fused-ring (bicyclic) bond motifs is 2. The third kappa shape index (κ3) is 5.49. The zero-order chi connectivity index (χ0) is 27.3. The molecule has 0 fully saturated rings. The van der Waals surface area contributed by atoms with Crippen molar-refractivity contribution >= 4 is 23.0 Å². The van der Waals surface area contributed by atoms with Gasteiger partial charge in [0.05, 0.1) is 5.41 Å². The summed E-state index contributed by atoms with van der Waals surface area (Å²) in [5.41, 5.74) is 13.4. The Kier molecular flexibility index (Phi) is 8.57. The molecule has 0 spiro atoms. The summed E-state index contributed by atoms with van der Waals surface area (Å²) in [6.07, 6.45) is 11.2. The van der Waals surface area contributed by atoms with Crippen LogP contribution >= 0.6 is 0 Å². The molecular weight excluding hydrogens is 468 g/mol. The Balaban J connectivity index is 1.48. The van der Waals surface area contributed by atoms with E-state index in [2.05, 4.69) is 116 Å². The number of hydrogen-bond donors (Lipinski definition) is 2. The van der Waals surface area contributed by atoms with Gasteiger partial charge in [-0.05, 0) is 57.4 Å². The van der Waals surface area contributed by atoms with Crippen molar-refractivity contribution < 1.29 is 9.37 Å². The van der Waals surface area contributed by atoms with Gasteiger partial charge in [-0.1, -0.05) is 62.7 Å². The topological polar surface area (TPSA) is 61.4 Å². The summed E-state index contributed by atoms with van der Waals surface area (Å²) >= 11 is 0. The van der Waals surface area contributed by atoms with E-state index in [9.17, 15) is 4.79 Å². The molecule has 38 heavy (non-hydrogen) atoms. The van der Waals surface area contributed by atoms with Crippen LogP contribution in [0.3, 0.4) is 0 Å². The molecule has 0 bridgehead atoms. The van der Waals surface area contributed by atoms with Crippen LogP contribution in [0, 0.1) is 0 Å². The molecule has 2 aliphatic heterocycles. The van der Waals surface area contributed by atoms with Crippen LogP contribution in [0.2, 0.25) is 0 Å². The van der Waals surface area contributed by atoms with Gasteiger partial charge in [0.1, 0.15) is 7.05 Å². The second kappa shape index (κ2) is 11.7. The van der Waals surface area contributed by atoms with E-state index in [4.69, 9.17) is 5.73 Å². The fourth-order valence-corrected chi connectivity index (χ4v) is 6.06. The highest BCUT2D eigenvalue weighted by Gasteiger charge is 2.43. The Morgan fingerprint density at radius 2 is 1.66 bits per heavy atom. The van der Waals surface area contributed by atoms with Gasteiger partial charge in [0.25, 0.3) is 0 Å². The Labute approximate surface area is 229 Å². The van der Waals surface area contributed by atoms with Crippen molar-refractivity contribution in [3.8, 4) is 0 Å². The molecule has 0 saturated heterocycles. The first kappa shape index (κ1) is 27.8. The van der Waals surface area contributed by atoms with Crippen molar-refractivity contribution in [2.24, 2.45) is 5.73 Å². The second-order valence-electron chi connectivity index (χ2n) is 11.6. The molecule has 4 rings (SSSR count). The van der Waals surface area contributed by atoms with Crippen LogP contribution in [-0.2, 0) is 15.6 Å². The molecule has 1 amide bonds. The van der Waals surface area contributed by atoms with E-state index >= 15 is 0 Å². The van der Waals surface area contributed by atoms with Crippen molar-refractivity contribution in [1.82, 2.24) is 5.32 Å². The lowest BCUT2D eigenvalue weighted by Crippen LogP contribution is -2.28. The molecule has 0 aromatic heterocycles. The minimum Gasteiger partial charge on any atom is -0.356 e.